The van der Waals surface area contributed by atoms with Crippen molar-refractivity contribution >= 4 is 38.6 Å². The first kappa shape index (κ1) is 35.5. The fourth-order valence-corrected chi connectivity index (χ4v) is 8.96. The van der Waals surface area contributed by atoms with E-state index in [9.17, 15) is 0 Å². The summed E-state index contributed by atoms with van der Waals surface area (Å²) in [6.45, 7) is 4.35. The number of allylic oxidation sites excluding steroid dienone is 8. The Morgan fingerprint density at radius 2 is 0.879 bits per heavy atom. The molecule has 1 heterocycles. The first-order valence-electron chi connectivity index (χ1n) is 20.6. The second kappa shape index (κ2) is 15.2. The van der Waals surface area contributed by atoms with Crippen molar-refractivity contribution < 1.29 is 0 Å². The Hall–Kier alpha value is -6.90. The van der Waals surface area contributed by atoms with Gasteiger partial charge in [0.2, 0.25) is 0 Å². The molecule has 0 bridgehead atoms. The van der Waals surface area contributed by atoms with Gasteiger partial charge in [0.15, 0.2) is 0 Å². The van der Waals surface area contributed by atoms with E-state index >= 15 is 0 Å². The zero-order chi connectivity index (χ0) is 39.0. The highest BCUT2D eigenvalue weighted by molar-refractivity contribution is 6.09. The van der Waals surface area contributed by atoms with E-state index in [2.05, 4.69) is 217 Å². The summed E-state index contributed by atoms with van der Waals surface area (Å²) < 4.78 is 2.41. The van der Waals surface area contributed by atoms with Gasteiger partial charge in [0, 0.05) is 33.5 Å². The Morgan fingerprint density at radius 1 is 0.379 bits per heavy atom. The van der Waals surface area contributed by atoms with Gasteiger partial charge in [0.05, 0.1) is 11.0 Å². The number of hydrogen-bond acceptors (Lipinski definition) is 1. The minimum atomic E-state index is 0.963. The predicted molar refractivity (Wildman–Crippen MR) is 247 cm³/mol. The second-order valence-corrected chi connectivity index (χ2v) is 15.8. The second-order valence-electron chi connectivity index (χ2n) is 15.8. The molecule has 0 aliphatic heterocycles. The van der Waals surface area contributed by atoms with Gasteiger partial charge in [-0.2, -0.15) is 0 Å². The number of benzene rings is 7. The van der Waals surface area contributed by atoms with Crippen LogP contribution < -0.4 is 4.90 Å². The molecule has 10 rings (SSSR count). The highest BCUT2D eigenvalue weighted by Gasteiger charge is 2.22. The largest absolute Gasteiger partial charge is 0.318 e. The lowest BCUT2D eigenvalue weighted by atomic mass is 9.91. The quantitative estimate of drug-likeness (QED) is 0.150. The van der Waals surface area contributed by atoms with Crippen molar-refractivity contribution in [2.45, 2.75) is 39.5 Å². The first-order valence-corrected chi connectivity index (χ1v) is 20.6. The lowest BCUT2D eigenvalue weighted by Crippen LogP contribution is -2.24. The zero-order valence-corrected chi connectivity index (χ0v) is 33.2. The van der Waals surface area contributed by atoms with Crippen molar-refractivity contribution in [2.24, 2.45) is 0 Å². The van der Waals surface area contributed by atoms with Crippen LogP contribution in [0, 0.1) is 13.8 Å². The van der Waals surface area contributed by atoms with Gasteiger partial charge in [0.1, 0.15) is 0 Å². The Kier molecular flexibility index (Phi) is 9.31. The molecule has 0 radical (unpaired) electrons. The normalized spacial score (nSPS) is 14.2. The van der Waals surface area contributed by atoms with Crippen LogP contribution in [0.3, 0.4) is 0 Å². The van der Waals surface area contributed by atoms with Gasteiger partial charge in [-0.1, -0.05) is 139 Å². The monoisotopic (exact) mass is 746 g/mol. The van der Waals surface area contributed by atoms with E-state index in [1.54, 1.807) is 0 Å². The highest BCUT2D eigenvalue weighted by atomic mass is 15.2. The third kappa shape index (κ3) is 6.82. The SMILES string of the molecule is Cc1ccc2c(c1)c1cc(C)ccc1n2-c1ccc(-c2cccc(N(C3=CC=C(c4ccccc4)CC3)C3=CC=C(c4cccc(-c5ccccc5)c4)CC3)c2)cc1. The first-order chi connectivity index (χ1) is 28.6. The maximum absolute atomic E-state index is 2.53. The topological polar surface area (TPSA) is 8.17 Å². The summed E-state index contributed by atoms with van der Waals surface area (Å²) >= 11 is 0. The molecule has 0 saturated carbocycles. The van der Waals surface area contributed by atoms with Crippen LogP contribution in [-0.2, 0) is 0 Å². The zero-order valence-electron chi connectivity index (χ0n) is 33.2. The van der Waals surface area contributed by atoms with Crippen molar-refractivity contribution in [1.82, 2.24) is 4.57 Å². The Morgan fingerprint density at radius 3 is 1.47 bits per heavy atom. The summed E-state index contributed by atoms with van der Waals surface area (Å²) in [6.07, 6.45) is 13.3. The van der Waals surface area contributed by atoms with Crippen LogP contribution in [0.25, 0.3) is 60.9 Å². The summed E-state index contributed by atoms with van der Waals surface area (Å²) in [5.74, 6) is 0. The molecule has 2 aliphatic rings. The van der Waals surface area contributed by atoms with Gasteiger partial charge in [0.25, 0.3) is 0 Å². The number of fused-ring (bicyclic) bond motifs is 3. The molecule has 1 aromatic heterocycles. The molecule has 0 atom stereocenters. The van der Waals surface area contributed by atoms with Gasteiger partial charge < -0.3 is 9.47 Å². The fourth-order valence-electron chi connectivity index (χ4n) is 8.96. The van der Waals surface area contributed by atoms with Crippen LogP contribution in [-0.4, -0.2) is 4.57 Å². The molecule has 2 aliphatic carbocycles. The summed E-state index contributed by atoms with van der Waals surface area (Å²) in [6, 6.07) is 62.4. The van der Waals surface area contributed by atoms with Gasteiger partial charge in [-0.15, -0.1) is 0 Å². The summed E-state index contributed by atoms with van der Waals surface area (Å²) in [5, 5.41) is 2.61. The van der Waals surface area contributed by atoms with Crippen molar-refractivity contribution in [3.63, 3.8) is 0 Å². The molecule has 0 spiro atoms. The minimum Gasteiger partial charge on any atom is -0.318 e. The molecule has 0 saturated heterocycles. The van der Waals surface area contributed by atoms with Crippen LogP contribution in [0.2, 0.25) is 0 Å². The maximum atomic E-state index is 2.53. The summed E-state index contributed by atoms with van der Waals surface area (Å²) in [7, 11) is 0. The van der Waals surface area contributed by atoms with Gasteiger partial charge in [-0.25, -0.2) is 0 Å². The van der Waals surface area contributed by atoms with Crippen LogP contribution in [0.5, 0.6) is 0 Å². The molecule has 0 N–H and O–H groups in total. The molecule has 2 nitrogen and oxygen atoms in total. The lowest BCUT2D eigenvalue weighted by Gasteiger charge is -2.33. The van der Waals surface area contributed by atoms with Crippen LogP contribution in [0.4, 0.5) is 5.69 Å². The van der Waals surface area contributed by atoms with Gasteiger partial charge in [-0.3, -0.25) is 0 Å². The van der Waals surface area contributed by atoms with E-state index < -0.39 is 0 Å². The Balaban J connectivity index is 1.01. The molecule has 0 fully saturated rings. The number of aryl methyl sites for hydroxylation is 2. The number of rotatable bonds is 8. The Labute approximate surface area is 342 Å². The third-order valence-corrected chi connectivity index (χ3v) is 12.0. The van der Waals surface area contributed by atoms with E-state index in [0.29, 0.717) is 0 Å². The van der Waals surface area contributed by atoms with E-state index in [-0.39, 0.29) is 0 Å². The number of anilines is 1. The maximum Gasteiger partial charge on any atom is 0.0541 e. The van der Waals surface area contributed by atoms with E-state index in [1.165, 1.54) is 100 Å². The lowest BCUT2D eigenvalue weighted by molar-refractivity contribution is 0.848. The van der Waals surface area contributed by atoms with Crippen molar-refractivity contribution in [3.8, 4) is 27.9 Å². The van der Waals surface area contributed by atoms with Gasteiger partial charge >= 0.3 is 0 Å². The predicted octanol–water partition coefficient (Wildman–Crippen LogP) is 15.1. The van der Waals surface area contributed by atoms with Crippen LogP contribution in [0.1, 0.15) is 47.9 Å². The standard InChI is InChI=1S/C56H46N2/c1-39-19-33-55-53(35-39)54-36-40(2)20-34-56(54)58(55)51-31-25-45(26-32-51)48-17-10-18-52(38-48)57(49-27-21-43(22-28-49)41-11-5-3-6-12-41)50-29-23-44(24-30-50)47-16-9-15-46(37-47)42-13-7-4-8-14-42/h3-21,23,25-27,29,31-38H,22,24,28,30H2,1-2H3. The molecule has 58 heavy (non-hydrogen) atoms. The number of aromatic nitrogens is 1. The fraction of sp³-hybridized carbons (Fsp3) is 0.107. The van der Waals surface area contributed by atoms with Crippen LogP contribution >= 0.6 is 0 Å². The summed E-state index contributed by atoms with van der Waals surface area (Å²) in [4.78, 5) is 2.53. The van der Waals surface area contributed by atoms with Crippen molar-refractivity contribution in [3.05, 3.63) is 228 Å². The molecule has 7 aromatic carbocycles. The molecule has 8 aromatic rings. The highest BCUT2D eigenvalue weighted by Crippen LogP contribution is 2.40. The number of hydrogen-bond donors (Lipinski definition) is 0. The number of nitrogens with zero attached hydrogens (tertiary/aromatic N) is 2. The third-order valence-electron chi connectivity index (χ3n) is 12.0. The van der Waals surface area contributed by atoms with Crippen molar-refractivity contribution in [1.29, 1.82) is 0 Å². The molecular weight excluding hydrogens is 701 g/mol. The Bertz CT molecular complexity index is 2880. The smallest absolute Gasteiger partial charge is 0.0541 e. The average molecular weight is 747 g/mol. The molecular formula is C56H46N2. The molecule has 280 valence electrons. The van der Waals surface area contributed by atoms with E-state index in [0.717, 1.165) is 25.7 Å². The van der Waals surface area contributed by atoms with E-state index in [1.807, 2.05) is 0 Å². The van der Waals surface area contributed by atoms with Gasteiger partial charge in [-0.05, 0) is 151 Å². The molecule has 0 unspecified atom stereocenters. The van der Waals surface area contributed by atoms with E-state index in [4.69, 9.17) is 0 Å². The minimum absolute atomic E-state index is 0.963. The summed E-state index contributed by atoms with van der Waals surface area (Å²) in [5.41, 5.74) is 20.4. The average Bonchev–Trinajstić information content (AvgIpc) is 3.60. The van der Waals surface area contributed by atoms with Crippen molar-refractivity contribution in [2.75, 3.05) is 4.90 Å². The molecule has 0 amide bonds. The van der Waals surface area contributed by atoms with Crippen LogP contribution in [0.15, 0.2) is 206 Å². The molecule has 2 heteroatoms.